The molecule has 4 rings (SSSR count). The lowest BCUT2D eigenvalue weighted by Crippen LogP contribution is -2.36. The van der Waals surface area contributed by atoms with Crippen LogP contribution in [0.25, 0.3) is 11.0 Å². The first-order valence-electron chi connectivity index (χ1n) is 7.18. The van der Waals surface area contributed by atoms with Gasteiger partial charge in [-0.05, 0) is 23.8 Å². The van der Waals surface area contributed by atoms with Crippen LogP contribution >= 0.6 is 27.5 Å². The molecule has 116 valence electrons. The van der Waals surface area contributed by atoms with Crippen molar-refractivity contribution in [2.24, 2.45) is 0 Å². The van der Waals surface area contributed by atoms with Crippen molar-refractivity contribution in [1.29, 1.82) is 0 Å². The third-order valence-electron chi connectivity index (χ3n) is 3.96. The molecule has 1 aliphatic rings. The van der Waals surface area contributed by atoms with E-state index in [0.717, 1.165) is 27.7 Å². The van der Waals surface area contributed by atoms with Crippen molar-refractivity contribution in [2.45, 2.75) is 13.0 Å². The van der Waals surface area contributed by atoms with Gasteiger partial charge in [-0.15, -0.1) is 0 Å². The number of aromatic amines is 1. The van der Waals surface area contributed by atoms with Crippen molar-refractivity contribution in [3.8, 4) is 0 Å². The molecule has 2 aromatic heterocycles. The maximum Gasteiger partial charge on any atom is 0.289 e. The van der Waals surface area contributed by atoms with E-state index >= 15 is 0 Å². The molecule has 3 aromatic rings. The normalized spacial score (nSPS) is 14.1. The minimum absolute atomic E-state index is 0.122. The summed E-state index contributed by atoms with van der Waals surface area (Å²) in [5.74, 6) is 0.190. The molecular weight excluding hydrogens is 380 g/mol. The summed E-state index contributed by atoms with van der Waals surface area (Å²) in [5.41, 5.74) is 3.50. The Hall–Kier alpha value is -1.92. The van der Waals surface area contributed by atoms with Crippen molar-refractivity contribution >= 4 is 44.5 Å². The van der Waals surface area contributed by atoms with Crippen molar-refractivity contribution < 1.29 is 4.79 Å². The second-order valence-corrected chi connectivity index (χ2v) is 6.78. The third kappa shape index (κ3) is 2.62. The zero-order valence-electron chi connectivity index (χ0n) is 12.0. The molecule has 0 radical (unpaired) electrons. The summed E-state index contributed by atoms with van der Waals surface area (Å²) in [6, 6.07) is 7.53. The number of hydrogen-bond donors (Lipinski definition) is 1. The number of carbonyl (C=O) groups excluding carboxylic acids is 1. The number of aromatic nitrogens is 3. The van der Waals surface area contributed by atoms with Gasteiger partial charge in [-0.3, -0.25) is 9.78 Å². The average Bonchev–Trinajstić information content (AvgIpc) is 2.98. The second kappa shape index (κ2) is 5.62. The molecule has 0 saturated heterocycles. The lowest BCUT2D eigenvalue weighted by Gasteiger charge is -2.27. The van der Waals surface area contributed by atoms with E-state index in [-0.39, 0.29) is 5.91 Å². The fraction of sp³-hybridized carbons (Fsp3) is 0.188. The molecule has 3 heterocycles. The summed E-state index contributed by atoms with van der Waals surface area (Å²) < 4.78 is 0.843. The van der Waals surface area contributed by atoms with Crippen LogP contribution in [0.1, 0.15) is 21.9 Å². The van der Waals surface area contributed by atoms with E-state index < -0.39 is 0 Å². The zero-order chi connectivity index (χ0) is 16.0. The molecule has 1 aromatic carbocycles. The van der Waals surface area contributed by atoms with Gasteiger partial charge in [0.15, 0.2) is 5.82 Å². The van der Waals surface area contributed by atoms with E-state index in [0.29, 0.717) is 29.5 Å². The standard InChI is InChI=1S/C16H12BrClN4O/c17-10-6-11(18)14-13(7-10)20-15(21-14)16(23)22-5-3-12-9(8-22)2-1-4-19-12/h1-2,4,6-7H,3,5,8H2,(H,20,21). The molecule has 1 amide bonds. The van der Waals surface area contributed by atoms with Crippen LogP contribution < -0.4 is 0 Å². The number of fused-ring (bicyclic) bond motifs is 2. The lowest BCUT2D eigenvalue weighted by molar-refractivity contribution is 0.0722. The molecule has 5 nitrogen and oxygen atoms in total. The number of H-pyrrole nitrogens is 1. The lowest BCUT2D eigenvalue weighted by atomic mass is 10.1. The molecule has 0 unspecified atom stereocenters. The molecule has 0 bridgehead atoms. The Morgan fingerprint density at radius 2 is 2.26 bits per heavy atom. The number of pyridine rings is 1. The molecule has 1 N–H and O–H groups in total. The van der Waals surface area contributed by atoms with E-state index in [9.17, 15) is 4.79 Å². The number of hydrogen-bond acceptors (Lipinski definition) is 3. The van der Waals surface area contributed by atoms with Crippen LogP contribution in [-0.2, 0) is 13.0 Å². The number of rotatable bonds is 1. The molecule has 0 fully saturated rings. The summed E-state index contributed by atoms with van der Waals surface area (Å²) in [6.07, 6.45) is 2.55. The van der Waals surface area contributed by atoms with Crippen LogP contribution in [0.5, 0.6) is 0 Å². The Morgan fingerprint density at radius 1 is 1.39 bits per heavy atom. The monoisotopic (exact) mass is 390 g/mol. The van der Waals surface area contributed by atoms with Crippen molar-refractivity contribution in [3.63, 3.8) is 0 Å². The number of benzene rings is 1. The van der Waals surface area contributed by atoms with Gasteiger partial charge >= 0.3 is 0 Å². The van der Waals surface area contributed by atoms with Gasteiger partial charge in [0.05, 0.1) is 10.5 Å². The molecule has 23 heavy (non-hydrogen) atoms. The fourth-order valence-electron chi connectivity index (χ4n) is 2.83. The number of nitrogens with one attached hydrogen (secondary N) is 1. The average molecular weight is 392 g/mol. The van der Waals surface area contributed by atoms with Gasteiger partial charge in [-0.2, -0.15) is 0 Å². The molecular formula is C16H12BrClN4O. The Balaban J connectivity index is 1.66. The minimum atomic E-state index is -0.122. The van der Waals surface area contributed by atoms with Crippen molar-refractivity contribution in [1.82, 2.24) is 19.9 Å². The minimum Gasteiger partial charge on any atom is -0.334 e. The van der Waals surface area contributed by atoms with Crippen molar-refractivity contribution in [2.75, 3.05) is 6.54 Å². The highest BCUT2D eigenvalue weighted by molar-refractivity contribution is 9.10. The Bertz CT molecular complexity index is 924. The largest absolute Gasteiger partial charge is 0.334 e. The summed E-state index contributed by atoms with van der Waals surface area (Å²) in [4.78, 5) is 26.3. The predicted molar refractivity (Wildman–Crippen MR) is 91.5 cm³/mol. The third-order valence-corrected chi connectivity index (χ3v) is 4.70. The van der Waals surface area contributed by atoms with Gasteiger partial charge in [-0.1, -0.05) is 33.6 Å². The SMILES string of the molecule is O=C(c1nc2c(Cl)cc(Br)cc2[nH]1)N1CCc2ncccc2C1. The first-order valence-corrected chi connectivity index (χ1v) is 8.36. The highest BCUT2D eigenvalue weighted by atomic mass is 79.9. The second-order valence-electron chi connectivity index (χ2n) is 5.46. The fourth-order valence-corrected chi connectivity index (χ4v) is 3.68. The summed E-state index contributed by atoms with van der Waals surface area (Å²) in [6.45, 7) is 1.19. The highest BCUT2D eigenvalue weighted by Crippen LogP contribution is 2.27. The van der Waals surface area contributed by atoms with Crippen LogP contribution in [0.4, 0.5) is 0 Å². The maximum absolute atomic E-state index is 12.7. The molecule has 0 aliphatic carbocycles. The first-order chi connectivity index (χ1) is 11.1. The number of amides is 1. The molecule has 0 atom stereocenters. The maximum atomic E-state index is 12.7. The van der Waals surface area contributed by atoms with Gasteiger partial charge in [-0.25, -0.2) is 4.98 Å². The van der Waals surface area contributed by atoms with Crippen LogP contribution in [-0.4, -0.2) is 32.3 Å². The summed E-state index contributed by atoms with van der Waals surface area (Å²) in [7, 11) is 0. The number of imidazole rings is 1. The Morgan fingerprint density at radius 3 is 3.13 bits per heavy atom. The first kappa shape index (κ1) is 14.7. The van der Waals surface area contributed by atoms with Crippen LogP contribution in [0.3, 0.4) is 0 Å². The van der Waals surface area contributed by atoms with Gasteiger partial charge in [0.2, 0.25) is 0 Å². The molecule has 0 spiro atoms. The smallest absolute Gasteiger partial charge is 0.289 e. The Labute approximate surface area is 145 Å². The predicted octanol–water partition coefficient (Wildman–Crippen LogP) is 3.57. The van der Waals surface area contributed by atoms with E-state index in [1.165, 1.54) is 0 Å². The summed E-state index contributed by atoms with van der Waals surface area (Å²) in [5, 5.41) is 0.512. The van der Waals surface area contributed by atoms with Gasteiger partial charge < -0.3 is 9.88 Å². The van der Waals surface area contributed by atoms with Crippen molar-refractivity contribution in [3.05, 3.63) is 57.0 Å². The van der Waals surface area contributed by atoms with Gasteiger partial charge in [0.1, 0.15) is 5.52 Å². The van der Waals surface area contributed by atoms with E-state index in [1.807, 2.05) is 18.2 Å². The Kier molecular flexibility index (Phi) is 3.58. The number of nitrogens with zero attached hydrogens (tertiary/aromatic N) is 3. The molecule has 1 aliphatic heterocycles. The van der Waals surface area contributed by atoms with Crippen LogP contribution in [0.15, 0.2) is 34.9 Å². The zero-order valence-corrected chi connectivity index (χ0v) is 14.4. The quantitative estimate of drug-likeness (QED) is 0.690. The topological polar surface area (TPSA) is 61.9 Å². The summed E-state index contributed by atoms with van der Waals surface area (Å²) >= 11 is 9.58. The highest BCUT2D eigenvalue weighted by Gasteiger charge is 2.24. The van der Waals surface area contributed by atoms with E-state index in [1.54, 1.807) is 17.2 Å². The van der Waals surface area contributed by atoms with Crippen LogP contribution in [0, 0.1) is 0 Å². The number of carbonyl (C=O) groups is 1. The van der Waals surface area contributed by atoms with E-state index in [2.05, 4.69) is 30.9 Å². The molecule has 7 heteroatoms. The van der Waals surface area contributed by atoms with Gasteiger partial charge in [0, 0.05) is 35.9 Å². The molecule has 0 saturated carbocycles. The van der Waals surface area contributed by atoms with Gasteiger partial charge in [0.25, 0.3) is 5.91 Å². The van der Waals surface area contributed by atoms with E-state index in [4.69, 9.17) is 11.6 Å². The number of halogens is 2. The van der Waals surface area contributed by atoms with Crippen LogP contribution in [0.2, 0.25) is 5.02 Å².